The Morgan fingerprint density at radius 1 is 1.40 bits per heavy atom. The number of nitrogens with zero attached hydrogens (tertiary/aromatic N) is 2. The van der Waals surface area contributed by atoms with Crippen LogP contribution in [0.3, 0.4) is 0 Å². The zero-order chi connectivity index (χ0) is 14.8. The highest BCUT2D eigenvalue weighted by Crippen LogP contribution is 2.29. The van der Waals surface area contributed by atoms with Gasteiger partial charge in [0.2, 0.25) is 10.0 Å². The maximum atomic E-state index is 12.5. The average molecular weight is 313 g/mol. The van der Waals surface area contributed by atoms with Crippen LogP contribution in [-0.2, 0) is 10.0 Å². The van der Waals surface area contributed by atoms with Crippen molar-refractivity contribution in [1.82, 2.24) is 4.31 Å². The van der Waals surface area contributed by atoms with Crippen molar-refractivity contribution in [2.45, 2.75) is 30.6 Å². The zero-order valence-corrected chi connectivity index (χ0v) is 12.9. The van der Waals surface area contributed by atoms with E-state index in [1.54, 1.807) is 7.05 Å². The molecular weight excluding hydrogens is 296 g/mol. The molecule has 20 heavy (non-hydrogen) atoms. The molecule has 4 nitrogen and oxygen atoms in total. The second-order valence-corrected chi connectivity index (χ2v) is 7.61. The lowest BCUT2D eigenvalue weighted by molar-refractivity contribution is 0.387. The Balaban J connectivity index is 2.23. The van der Waals surface area contributed by atoms with Gasteiger partial charge in [-0.15, -0.1) is 0 Å². The van der Waals surface area contributed by atoms with Crippen LogP contribution in [0.1, 0.15) is 31.2 Å². The molecule has 0 spiro atoms. The number of hydrogen-bond donors (Lipinski definition) is 0. The van der Waals surface area contributed by atoms with Crippen LogP contribution in [0.25, 0.3) is 0 Å². The minimum absolute atomic E-state index is 0.0682. The molecule has 0 unspecified atom stereocenters. The molecule has 0 N–H and O–H groups in total. The summed E-state index contributed by atoms with van der Waals surface area (Å²) in [6, 6.07) is 6.21. The van der Waals surface area contributed by atoms with Crippen molar-refractivity contribution < 1.29 is 8.42 Å². The minimum atomic E-state index is -3.59. The van der Waals surface area contributed by atoms with Gasteiger partial charge < -0.3 is 0 Å². The molecule has 1 saturated carbocycles. The highest BCUT2D eigenvalue weighted by Gasteiger charge is 2.27. The van der Waals surface area contributed by atoms with Gasteiger partial charge in [0.1, 0.15) is 4.90 Å². The smallest absolute Gasteiger partial charge is 0.207 e. The van der Waals surface area contributed by atoms with E-state index in [0.29, 0.717) is 18.0 Å². The third-order valence-corrected chi connectivity index (χ3v) is 6.05. The molecule has 0 aromatic heterocycles. The first-order valence-electron chi connectivity index (χ1n) is 6.61. The van der Waals surface area contributed by atoms with Crippen LogP contribution in [0.4, 0.5) is 0 Å². The Kier molecular flexibility index (Phi) is 4.69. The molecule has 1 aliphatic carbocycles. The molecule has 1 aromatic carbocycles. The maximum absolute atomic E-state index is 12.5. The lowest BCUT2D eigenvalue weighted by Gasteiger charge is -2.21. The average Bonchev–Trinajstić information content (AvgIpc) is 2.91. The molecule has 1 aliphatic rings. The molecule has 0 amide bonds. The first kappa shape index (κ1) is 15.3. The summed E-state index contributed by atoms with van der Waals surface area (Å²) in [5.41, 5.74) is 0.354. The van der Waals surface area contributed by atoms with Crippen molar-refractivity contribution in [3.8, 4) is 6.07 Å². The highest BCUT2D eigenvalue weighted by atomic mass is 35.5. The second-order valence-electron chi connectivity index (χ2n) is 5.19. The molecule has 0 radical (unpaired) electrons. The van der Waals surface area contributed by atoms with E-state index in [9.17, 15) is 8.42 Å². The van der Waals surface area contributed by atoms with Gasteiger partial charge in [0, 0.05) is 13.6 Å². The van der Waals surface area contributed by atoms with Crippen LogP contribution in [-0.4, -0.2) is 26.3 Å². The summed E-state index contributed by atoms with van der Waals surface area (Å²) in [6.45, 7) is 0.526. The molecule has 1 fully saturated rings. The topological polar surface area (TPSA) is 61.2 Å². The molecule has 108 valence electrons. The standard InChI is InChI=1S/C14H17ClN2O2S/c1-17(10-11-4-2-3-5-11)20(18,19)14-7-6-12(9-16)8-13(14)15/h6-8,11H,2-5,10H2,1H3. The maximum Gasteiger partial charge on any atom is 0.244 e. The molecule has 0 atom stereocenters. The minimum Gasteiger partial charge on any atom is -0.207 e. The summed E-state index contributed by atoms with van der Waals surface area (Å²) in [4.78, 5) is 0.0682. The van der Waals surface area contributed by atoms with Crippen molar-refractivity contribution in [1.29, 1.82) is 5.26 Å². The molecule has 0 saturated heterocycles. The third-order valence-electron chi connectivity index (χ3n) is 3.74. The van der Waals surface area contributed by atoms with E-state index in [-0.39, 0.29) is 9.92 Å². The van der Waals surface area contributed by atoms with E-state index in [4.69, 9.17) is 16.9 Å². The van der Waals surface area contributed by atoms with Crippen LogP contribution in [0, 0.1) is 17.2 Å². The van der Waals surface area contributed by atoms with Gasteiger partial charge in [0.25, 0.3) is 0 Å². The van der Waals surface area contributed by atoms with E-state index in [2.05, 4.69) is 0 Å². The van der Waals surface area contributed by atoms with Gasteiger partial charge in [-0.05, 0) is 37.0 Å². The predicted molar refractivity (Wildman–Crippen MR) is 77.9 cm³/mol. The monoisotopic (exact) mass is 312 g/mol. The number of halogens is 1. The van der Waals surface area contributed by atoms with E-state index in [1.165, 1.54) is 35.3 Å². The highest BCUT2D eigenvalue weighted by molar-refractivity contribution is 7.89. The molecule has 0 heterocycles. The Morgan fingerprint density at radius 3 is 2.60 bits per heavy atom. The fraction of sp³-hybridized carbons (Fsp3) is 0.500. The molecule has 0 aliphatic heterocycles. The summed E-state index contributed by atoms with van der Waals surface area (Å²) in [5, 5.41) is 8.89. The Bertz CT molecular complexity index is 631. The Labute approximate surface area is 125 Å². The van der Waals surface area contributed by atoms with E-state index in [1.807, 2.05) is 6.07 Å². The van der Waals surface area contributed by atoms with Crippen molar-refractivity contribution in [2.75, 3.05) is 13.6 Å². The van der Waals surface area contributed by atoms with Crippen molar-refractivity contribution >= 4 is 21.6 Å². The zero-order valence-electron chi connectivity index (χ0n) is 11.3. The van der Waals surface area contributed by atoms with Gasteiger partial charge in [0.05, 0.1) is 16.7 Å². The Hall–Kier alpha value is -1.09. The first-order valence-corrected chi connectivity index (χ1v) is 8.43. The van der Waals surface area contributed by atoms with Gasteiger partial charge in [-0.25, -0.2) is 12.7 Å². The number of sulfonamides is 1. The quantitative estimate of drug-likeness (QED) is 0.858. The molecule has 6 heteroatoms. The van der Waals surface area contributed by atoms with Crippen LogP contribution in [0.5, 0.6) is 0 Å². The number of hydrogen-bond acceptors (Lipinski definition) is 3. The predicted octanol–water partition coefficient (Wildman–Crippen LogP) is 3.02. The number of nitriles is 1. The molecule has 2 rings (SSSR count). The van der Waals surface area contributed by atoms with Crippen LogP contribution >= 0.6 is 11.6 Å². The third kappa shape index (κ3) is 3.14. The first-order chi connectivity index (χ1) is 9.45. The second kappa shape index (κ2) is 6.13. The van der Waals surface area contributed by atoms with Gasteiger partial charge in [0.15, 0.2) is 0 Å². The largest absolute Gasteiger partial charge is 0.244 e. The van der Waals surface area contributed by atoms with Gasteiger partial charge in [-0.3, -0.25) is 0 Å². The summed E-state index contributed by atoms with van der Waals surface area (Å²) in [6.07, 6.45) is 4.52. The fourth-order valence-corrected chi connectivity index (χ4v) is 4.36. The van der Waals surface area contributed by atoms with Crippen LogP contribution in [0.15, 0.2) is 23.1 Å². The van der Waals surface area contributed by atoms with E-state index < -0.39 is 10.0 Å². The van der Waals surface area contributed by atoms with Gasteiger partial charge in [-0.1, -0.05) is 24.4 Å². The normalized spacial score (nSPS) is 16.5. The fourth-order valence-electron chi connectivity index (χ4n) is 2.60. The number of benzene rings is 1. The van der Waals surface area contributed by atoms with Gasteiger partial charge in [-0.2, -0.15) is 5.26 Å². The molecule has 1 aromatic rings. The Morgan fingerprint density at radius 2 is 2.05 bits per heavy atom. The summed E-state index contributed by atoms with van der Waals surface area (Å²) in [5.74, 6) is 0.437. The summed E-state index contributed by atoms with van der Waals surface area (Å²) in [7, 11) is -2.00. The van der Waals surface area contributed by atoms with Crippen molar-refractivity contribution in [2.24, 2.45) is 5.92 Å². The van der Waals surface area contributed by atoms with Crippen molar-refractivity contribution in [3.05, 3.63) is 28.8 Å². The molecule has 0 bridgehead atoms. The molecular formula is C14H17ClN2O2S. The number of rotatable bonds is 4. The van der Waals surface area contributed by atoms with Gasteiger partial charge >= 0.3 is 0 Å². The van der Waals surface area contributed by atoms with Crippen LogP contribution < -0.4 is 0 Å². The lowest BCUT2D eigenvalue weighted by atomic mass is 10.1. The summed E-state index contributed by atoms with van der Waals surface area (Å²) >= 11 is 6.00. The summed E-state index contributed by atoms with van der Waals surface area (Å²) < 4.78 is 26.4. The van der Waals surface area contributed by atoms with E-state index in [0.717, 1.165) is 12.8 Å². The lowest BCUT2D eigenvalue weighted by Crippen LogP contribution is -2.31. The van der Waals surface area contributed by atoms with E-state index >= 15 is 0 Å². The SMILES string of the molecule is CN(CC1CCCC1)S(=O)(=O)c1ccc(C#N)cc1Cl. The van der Waals surface area contributed by atoms with Crippen molar-refractivity contribution in [3.63, 3.8) is 0 Å². The van der Waals surface area contributed by atoms with Crippen LogP contribution in [0.2, 0.25) is 5.02 Å².